The molecule has 1 heterocycles. The van der Waals surface area contributed by atoms with E-state index in [0.717, 1.165) is 0 Å². The Hall–Kier alpha value is -2.64. The van der Waals surface area contributed by atoms with Crippen molar-refractivity contribution in [3.05, 3.63) is 68.4 Å². The third-order valence-electron chi connectivity index (χ3n) is 3.15. The molecule has 0 radical (unpaired) electrons. The van der Waals surface area contributed by atoms with Crippen molar-refractivity contribution in [2.75, 3.05) is 0 Å². The molecule has 7 nitrogen and oxygen atoms in total. The van der Waals surface area contributed by atoms with E-state index in [1.807, 2.05) is 0 Å². The van der Waals surface area contributed by atoms with Crippen molar-refractivity contribution in [1.82, 2.24) is 15.2 Å². The number of rotatable bonds is 5. The lowest BCUT2D eigenvalue weighted by Crippen LogP contribution is -1.98. The van der Waals surface area contributed by atoms with Gasteiger partial charge in [0.1, 0.15) is 17.4 Å². The largest absolute Gasteiger partial charge is 0.484 e. The summed E-state index contributed by atoms with van der Waals surface area (Å²) in [5.74, 6) is 1.34. The van der Waals surface area contributed by atoms with Gasteiger partial charge in [0.2, 0.25) is 0 Å². The van der Waals surface area contributed by atoms with Crippen LogP contribution in [-0.4, -0.2) is 20.1 Å². The fraction of sp³-hybridized carbons (Fsp3) is 0.0667. The molecule has 0 fully saturated rings. The van der Waals surface area contributed by atoms with E-state index in [9.17, 15) is 10.1 Å². The number of nitrogens with zero attached hydrogens (tertiary/aromatic N) is 3. The fourth-order valence-electron chi connectivity index (χ4n) is 1.96. The zero-order valence-corrected chi connectivity index (χ0v) is 13.6. The van der Waals surface area contributed by atoms with Crippen LogP contribution in [0.3, 0.4) is 0 Å². The number of aromatic nitrogens is 3. The monoisotopic (exact) mass is 364 g/mol. The van der Waals surface area contributed by atoms with Crippen LogP contribution in [0.5, 0.6) is 5.75 Å². The maximum atomic E-state index is 10.7. The standard InChI is InChI=1S/C15H10Cl2N4O3/c16-11-2-1-3-12(14(11)17)24-8-13-18-15(20-19-13)9-4-6-10(7-5-9)21(22)23/h1-7H,8H2,(H,18,19,20). The van der Waals surface area contributed by atoms with Gasteiger partial charge in [-0.1, -0.05) is 29.3 Å². The number of aromatic amines is 1. The molecule has 24 heavy (non-hydrogen) atoms. The molecule has 3 aromatic rings. The first-order chi connectivity index (χ1) is 11.5. The Bertz CT molecular complexity index is 881. The summed E-state index contributed by atoms with van der Waals surface area (Å²) in [6.07, 6.45) is 0. The van der Waals surface area contributed by atoms with Crippen LogP contribution in [0, 0.1) is 10.1 Å². The van der Waals surface area contributed by atoms with Crippen molar-refractivity contribution in [3.8, 4) is 17.1 Å². The summed E-state index contributed by atoms with van der Waals surface area (Å²) in [5.41, 5.74) is 0.664. The van der Waals surface area contributed by atoms with Crippen LogP contribution in [0.25, 0.3) is 11.4 Å². The van der Waals surface area contributed by atoms with E-state index in [2.05, 4.69) is 15.2 Å². The number of benzene rings is 2. The molecule has 0 aliphatic rings. The Kier molecular flexibility index (Phi) is 4.64. The lowest BCUT2D eigenvalue weighted by atomic mass is 10.2. The van der Waals surface area contributed by atoms with E-state index in [-0.39, 0.29) is 12.3 Å². The molecule has 0 aliphatic carbocycles. The molecule has 2 aromatic carbocycles. The number of hydrogen-bond donors (Lipinski definition) is 1. The van der Waals surface area contributed by atoms with E-state index >= 15 is 0 Å². The number of ether oxygens (including phenoxy) is 1. The molecule has 0 saturated carbocycles. The summed E-state index contributed by atoms with van der Waals surface area (Å²) in [7, 11) is 0. The van der Waals surface area contributed by atoms with Crippen LogP contribution < -0.4 is 4.74 Å². The lowest BCUT2D eigenvalue weighted by molar-refractivity contribution is -0.384. The first kappa shape index (κ1) is 16.2. The second kappa shape index (κ2) is 6.86. The Balaban J connectivity index is 1.71. The minimum absolute atomic E-state index is 0.00782. The smallest absolute Gasteiger partial charge is 0.269 e. The Morgan fingerprint density at radius 3 is 2.62 bits per heavy atom. The van der Waals surface area contributed by atoms with E-state index in [1.54, 1.807) is 30.3 Å². The Morgan fingerprint density at radius 1 is 1.17 bits per heavy atom. The molecule has 0 amide bonds. The number of nitro benzene ring substituents is 1. The highest BCUT2D eigenvalue weighted by atomic mass is 35.5. The van der Waals surface area contributed by atoms with Gasteiger partial charge >= 0.3 is 0 Å². The van der Waals surface area contributed by atoms with Crippen molar-refractivity contribution in [3.63, 3.8) is 0 Å². The van der Waals surface area contributed by atoms with Crippen molar-refractivity contribution < 1.29 is 9.66 Å². The van der Waals surface area contributed by atoms with Crippen LogP contribution in [0.4, 0.5) is 5.69 Å². The van der Waals surface area contributed by atoms with E-state index in [0.29, 0.717) is 33.0 Å². The molecule has 0 aliphatic heterocycles. The summed E-state index contributed by atoms with van der Waals surface area (Å²) in [5, 5.41) is 18.2. The van der Waals surface area contributed by atoms with Gasteiger partial charge in [0.15, 0.2) is 11.6 Å². The van der Waals surface area contributed by atoms with Crippen molar-refractivity contribution >= 4 is 28.9 Å². The number of non-ortho nitro benzene ring substituents is 1. The van der Waals surface area contributed by atoms with E-state index in [4.69, 9.17) is 27.9 Å². The summed E-state index contributed by atoms with van der Waals surface area (Å²) in [4.78, 5) is 14.5. The van der Waals surface area contributed by atoms with Gasteiger partial charge in [-0.05, 0) is 24.3 Å². The van der Waals surface area contributed by atoms with Gasteiger partial charge < -0.3 is 4.74 Å². The molecular formula is C15H10Cl2N4O3. The molecular weight excluding hydrogens is 355 g/mol. The van der Waals surface area contributed by atoms with Crippen molar-refractivity contribution in [1.29, 1.82) is 0 Å². The van der Waals surface area contributed by atoms with Crippen molar-refractivity contribution in [2.24, 2.45) is 0 Å². The molecule has 0 atom stereocenters. The Morgan fingerprint density at radius 2 is 1.92 bits per heavy atom. The molecule has 0 unspecified atom stereocenters. The molecule has 0 bridgehead atoms. The number of hydrogen-bond acceptors (Lipinski definition) is 5. The molecule has 0 saturated heterocycles. The van der Waals surface area contributed by atoms with Gasteiger partial charge in [-0.15, -0.1) is 0 Å². The summed E-state index contributed by atoms with van der Waals surface area (Å²) in [6, 6.07) is 11.0. The molecule has 3 rings (SSSR count). The summed E-state index contributed by atoms with van der Waals surface area (Å²) in [6.45, 7) is 0.125. The van der Waals surface area contributed by atoms with Crippen LogP contribution >= 0.6 is 23.2 Å². The summed E-state index contributed by atoms with van der Waals surface area (Å²) < 4.78 is 5.56. The van der Waals surface area contributed by atoms with Crippen LogP contribution in [0.1, 0.15) is 5.82 Å². The second-order valence-corrected chi connectivity index (χ2v) is 5.54. The minimum atomic E-state index is -0.463. The predicted octanol–water partition coefficient (Wildman–Crippen LogP) is 4.27. The maximum Gasteiger partial charge on any atom is 0.269 e. The van der Waals surface area contributed by atoms with E-state index in [1.165, 1.54) is 12.1 Å². The third kappa shape index (κ3) is 3.47. The Labute approximate surface area is 146 Å². The molecule has 1 N–H and O–H groups in total. The third-order valence-corrected chi connectivity index (χ3v) is 3.95. The molecule has 0 spiro atoms. The zero-order chi connectivity index (χ0) is 17.1. The lowest BCUT2D eigenvalue weighted by Gasteiger charge is -2.06. The number of nitrogens with one attached hydrogen (secondary N) is 1. The SMILES string of the molecule is O=[N+]([O-])c1ccc(-c2n[nH]c(COc3cccc(Cl)c3Cl)n2)cc1. The van der Waals surface area contributed by atoms with Gasteiger partial charge in [0, 0.05) is 17.7 Å². The van der Waals surface area contributed by atoms with Gasteiger partial charge in [-0.3, -0.25) is 15.2 Å². The minimum Gasteiger partial charge on any atom is -0.484 e. The number of H-pyrrole nitrogens is 1. The second-order valence-electron chi connectivity index (χ2n) is 4.75. The highest BCUT2D eigenvalue weighted by Gasteiger charge is 2.11. The topological polar surface area (TPSA) is 93.9 Å². The van der Waals surface area contributed by atoms with Crippen LogP contribution in [0.2, 0.25) is 10.0 Å². The molecule has 9 heteroatoms. The number of nitro groups is 1. The normalized spacial score (nSPS) is 10.6. The number of halogens is 2. The average Bonchev–Trinajstić information content (AvgIpc) is 3.05. The van der Waals surface area contributed by atoms with Gasteiger partial charge in [0.05, 0.1) is 9.95 Å². The first-order valence-corrected chi connectivity index (χ1v) is 7.53. The van der Waals surface area contributed by atoms with E-state index < -0.39 is 4.92 Å². The highest BCUT2D eigenvalue weighted by Crippen LogP contribution is 2.31. The van der Waals surface area contributed by atoms with Crippen LogP contribution in [-0.2, 0) is 6.61 Å². The average molecular weight is 365 g/mol. The summed E-state index contributed by atoms with van der Waals surface area (Å²) >= 11 is 12.0. The van der Waals surface area contributed by atoms with Crippen LogP contribution in [0.15, 0.2) is 42.5 Å². The van der Waals surface area contributed by atoms with Crippen molar-refractivity contribution in [2.45, 2.75) is 6.61 Å². The maximum absolute atomic E-state index is 10.7. The highest BCUT2D eigenvalue weighted by molar-refractivity contribution is 6.42. The molecule has 122 valence electrons. The van der Waals surface area contributed by atoms with Gasteiger partial charge in [-0.2, -0.15) is 5.10 Å². The fourth-order valence-corrected chi connectivity index (χ4v) is 2.31. The first-order valence-electron chi connectivity index (χ1n) is 6.77. The quantitative estimate of drug-likeness (QED) is 0.538. The van der Waals surface area contributed by atoms with Gasteiger partial charge in [0.25, 0.3) is 5.69 Å². The zero-order valence-electron chi connectivity index (χ0n) is 12.1. The predicted molar refractivity (Wildman–Crippen MR) is 89.3 cm³/mol. The van der Waals surface area contributed by atoms with Gasteiger partial charge in [-0.25, -0.2) is 4.98 Å². The molecule has 1 aromatic heterocycles.